The maximum Gasteiger partial charge on any atom is 0.180 e. The summed E-state index contributed by atoms with van der Waals surface area (Å²) in [5.41, 5.74) is 0. The number of hydrogen-bond acceptors (Lipinski definition) is 3. The van der Waals surface area contributed by atoms with Gasteiger partial charge in [-0.15, -0.1) is 10.2 Å². The molecule has 1 aromatic heterocycles. The third-order valence-corrected chi connectivity index (χ3v) is 0.270. The Labute approximate surface area is 66.5 Å². The topological polar surface area (TPSA) is 54.5 Å². The van der Waals surface area contributed by atoms with Crippen molar-refractivity contribution >= 4 is 34.8 Å². The molecule has 0 saturated carbocycles. The van der Waals surface area contributed by atoms with E-state index in [9.17, 15) is 0 Å². The Morgan fingerprint density at radius 3 is 2.00 bits per heavy atom. The van der Waals surface area contributed by atoms with Gasteiger partial charge in [-0.3, -0.25) is 0 Å². The van der Waals surface area contributed by atoms with E-state index in [4.69, 9.17) is 34.8 Å². The molecule has 0 saturated heterocycles. The highest BCUT2D eigenvalue weighted by molar-refractivity contribution is 6.63. The zero-order valence-corrected chi connectivity index (χ0v) is 6.40. The number of aromatic amines is 1. The molecule has 7 heteroatoms. The van der Waals surface area contributed by atoms with Gasteiger partial charge in [0.1, 0.15) is 0 Å². The van der Waals surface area contributed by atoms with Gasteiger partial charge in [0.05, 0.1) is 0 Å². The van der Waals surface area contributed by atoms with Crippen LogP contribution in [-0.2, 0) is 0 Å². The van der Waals surface area contributed by atoms with Crippen LogP contribution < -0.4 is 0 Å². The number of hydrogen-bond donors (Lipinski definition) is 1. The molecule has 0 aromatic carbocycles. The van der Waals surface area contributed by atoms with Crippen LogP contribution in [0.25, 0.3) is 0 Å². The molecule has 1 heterocycles. The van der Waals surface area contributed by atoms with Crippen LogP contribution in [0.2, 0.25) is 0 Å². The smallest absolute Gasteiger partial charge is 0.177 e. The van der Waals surface area contributed by atoms with Crippen molar-refractivity contribution in [3.8, 4) is 0 Å². The van der Waals surface area contributed by atoms with Crippen LogP contribution in [0.15, 0.2) is 6.33 Å². The Hall–Kier alpha value is -0.0600. The highest BCUT2D eigenvalue weighted by Gasteiger charge is 1.78. The second-order valence-electron chi connectivity index (χ2n) is 0.807. The van der Waals surface area contributed by atoms with Gasteiger partial charge in [-0.2, -0.15) is 5.21 Å². The average molecular weight is 189 g/mol. The van der Waals surface area contributed by atoms with Crippen LogP contribution in [0.3, 0.4) is 0 Å². The quantitative estimate of drug-likeness (QED) is 0.624. The standard InChI is InChI=1S/CHCl3.CH2N4/c2-1(3)4;1-2-4-5-3-1/h1H;1H,(H,2,3,4,5). The van der Waals surface area contributed by atoms with Crippen molar-refractivity contribution in [3.63, 3.8) is 0 Å². The van der Waals surface area contributed by atoms with Crippen molar-refractivity contribution in [2.75, 3.05) is 0 Å². The summed E-state index contributed by atoms with van der Waals surface area (Å²) in [7, 11) is 0. The molecule has 0 bridgehead atoms. The van der Waals surface area contributed by atoms with E-state index in [0.717, 1.165) is 0 Å². The first-order valence-corrected chi connectivity index (χ1v) is 3.13. The van der Waals surface area contributed by atoms with Crippen LogP contribution in [0.1, 0.15) is 0 Å². The lowest BCUT2D eigenvalue weighted by Crippen LogP contribution is -1.64. The van der Waals surface area contributed by atoms with Crippen LogP contribution in [0.5, 0.6) is 0 Å². The number of H-pyrrole nitrogens is 1. The number of alkyl halides is 3. The summed E-state index contributed by atoms with van der Waals surface area (Å²) in [5, 5.41) is 12.2. The molecule has 0 aliphatic carbocycles. The normalized spacial score (nSPS) is 8.44. The van der Waals surface area contributed by atoms with Gasteiger partial charge >= 0.3 is 0 Å². The minimum absolute atomic E-state index is 0.750. The monoisotopic (exact) mass is 188 g/mol. The molecule has 0 unspecified atom stereocenters. The van der Waals surface area contributed by atoms with Crippen molar-refractivity contribution in [1.29, 1.82) is 0 Å². The molecule has 0 fully saturated rings. The van der Waals surface area contributed by atoms with Crippen molar-refractivity contribution < 1.29 is 0 Å². The SMILES string of the molecule is ClC(Cl)Cl.c1nn[nH]n1. The van der Waals surface area contributed by atoms with Gasteiger partial charge in [-0.1, -0.05) is 40.0 Å². The number of rotatable bonds is 0. The minimum atomic E-state index is -0.750. The van der Waals surface area contributed by atoms with Gasteiger partial charge in [0.2, 0.25) is 0 Å². The van der Waals surface area contributed by atoms with E-state index in [1.165, 1.54) is 6.33 Å². The fourth-order valence-electron chi connectivity index (χ4n) is 0.129. The Morgan fingerprint density at radius 2 is 1.89 bits per heavy atom. The molecule has 0 radical (unpaired) electrons. The fraction of sp³-hybridized carbons (Fsp3) is 0.500. The molecular formula is C2H3Cl3N4. The first kappa shape index (κ1) is 8.94. The molecule has 1 aromatic rings. The number of nitrogens with one attached hydrogen (secondary N) is 1. The fourth-order valence-corrected chi connectivity index (χ4v) is 0.129. The predicted octanol–water partition coefficient (Wildman–Crippen LogP) is 1.19. The Kier molecular flexibility index (Phi) is 6.03. The molecule has 0 atom stereocenters. The van der Waals surface area contributed by atoms with Gasteiger partial charge in [-0.25, -0.2) is 0 Å². The van der Waals surface area contributed by atoms with Gasteiger partial charge in [-0.05, 0) is 0 Å². The van der Waals surface area contributed by atoms with E-state index in [-0.39, 0.29) is 0 Å². The zero-order valence-electron chi connectivity index (χ0n) is 4.13. The van der Waals surface area contributed by atoms with Gasteiger partial charge in [0.25, 0.3) is 0 Å². The Balaban J connectivity index is 0.000000148. The molecule has 9 heavy (non-hydrogen) atoms. The molecule has 1 rings (SSSR count). The summed E-state index contributed by atoms with van der Waals surface area (Å²) >= 11 is 14.4. The predicted molar refractivity (Wildman–Crippen MR) is 35.5 cm³/mol. The minimum Gasteiger partial charge on any atom is -0.177 e. The Morgan fingerprint density at radius 1 is 1.33 bits per heavy atom. The lowest BCUT2D eigenvalue weighted by atomic mass is 11.4. The summed E-state index contributed by atoms with van der Waals surface area (Å²) in [5.74, 6) is 0. The lowest BCUT2D eigenvalue weighted by molar-refractivity contribution is 0.881. The molecule has 4 nitrogen and oxygen atoms in total. The van der Waals surface area contributed by atoms with Crippen LogP contribution in [0, 0.1) is 0 Å². The molecule has 0 spiro atoms. The third-order valence-electron chi connectivity index (χ3n) is 0.270. The maximum atomic E-state index is 4.81. The largest absolute Gasteiger partial charge is 0.180 e. The summed E-state index contributed by atoms with van der Waals surface area (Å²) < 4.78 is -0.750. The van der Waals surface area contributed by atoms with Crippen molar-refractivity contribution in [1.82, 2.24) is 20.6 Å². The van der Waals surface area contributed by atoms with E-state index < -0.39 is 4.30 Å². The van der Waals surface area contributed by atoms with Crippen molar-refractivity contribution in [2.24, 2.45) is 0 Å². The average Bonchev–Trinajstić information content (AvgIpc) is 2.11. The first-order valence-electron chi connectivity index (χ1n) is 1.82. The molecule has 0 amide bonds. The molecule has 0 aliphatic rings. The highest BCUT2D eigenvalue weighted by Crippen LogP contribution is 2.03. The summed E-state index contributed by atoms with van der Waals surface area (Å²) in [6, 6.07) is 0. The number of halogens is 3. The zero-order chi connectivity index (χ0) is 7.11. The summed E-state index contributed by atoms with van der Waals surface area (Å²) in [4.78, 5) is 0. The second-order valence-corrected chi connectivity index (χ2v) is 2.79. The van der Waals surface area contributed by atoms with E-state index in [1.54, 1.807) is 0 Å². The van der Waals surface area contributed by atoms with E-state index >= 15 is 0 Å². The maximum absolute atomic E-state index is 4.81. The Bertz CT molecular complexity index is 97.4. The molecular weight excluding hydrogens is 186 g/mol. The second kappa shape index (κ2) is 6.07. The van der Waals surface area contributed by atoms with Crippen molar-refractivity contribution in [2.45, 2.75) is 4.30 Å². The first-order chi connectivity index (χ1) is 4.23. The lowest BCUT2D eigenvalue weighted by Gasteiger charge is -1.69. The van der Waals surface area contributed by atoms with E-state index in [0.29, 0.717) is 0 Å². The van der Waals surface area contributed by atoms with Crippen molar-refractivity contribution in [3.05, 3.63) is 6.33 Å². The van der Waals surface area contributed by atoms with Crippen LogP contribution >= 0.6 is 34.8 Å². The highest BCUT2D eigenvalue weighted by atomic mass is 35.6. The molecule has 0 aliphatic heterocycles. The summed E-state index contributed by atoms with van der Waals surface area (Å²) in [6.07, 6.45) is 1.33. The van der Waals surface area contributed by atoms with Gasteiger partial charge in [0.15, 0.2) is 10.6 Å². The molecule has 52 valence electrons. The number of tetrazole rings is 1. The van der Waals surface area contributed by atoms with Gasteiger partial charge < -0.3 is 0 Å². The summed E-state index contributed by atoms with van der Waals surface area (Å²) in [6.45, 7) is 0. The van der Waals surface area contributed by atoms with E-state index in [1.807, 2.05) is 0 Å². The molecule has 1 N–H and O–H groups in total. The van der Waals surface area contributed by atoms with Crippen LogP contribution in [0.4, 0.5) is 0 Å². The van der Waals surface area contributed by atoms with Crippen LogP contribution in [-0.4, -0.2) is 24.9 Å². The number of aromatic nitrogens is 4. The third kappa shape index (κ3) is 11.5. The van der Waals surface area contributed by atoms with E-state index in [2.05, 4.69) is 20.6 Å². The number of nitrogens with zero attached hydrogens (tertiary/aromatic N) is 3. The van der Waals surface area contributed by atoms with Gasteiger partial charge in [0, 0.05) is 0 Å².